The maximum Gasteiger partial charge on any atom is 0.292 e. The minimum absolute atomic E-state index is 0.00681. The van der Waals surface area contributed by atoms with E-state index in [1.54, 1.807) is 18.2 Å². The molecule has 0 bridgehead atoms. The lowest BCUT2D eigenvalue weighted by atomic mass is 10.1. The monoisotopic (exact) mass is 351 g/mol. The van der Waals surface area contributed by atoms with Crippen molar-refractivity contribution in [3.63, 3.8) is 0 Å². The van der Waals surface area contributed by atoms with Crippen LogP contribution in [-0.4, -0.2) is 28.3 Å². The number of nitro groups is 1. The number of fused-ring (bicyclic) bond motifs is 1. The highest BCUT2D eigenvalue weighted by molar-refractivity contribution is 5.83. The number of rotatable bonds is 6. The van der Waals surface area contributed by atoms with Gasteiger partial charge in [-0.25, -0.2) is 0 Å². The van der Waals surface area contributed by atoms with Crippen LogP contribution in [0.5, 0.6) is 0 Å². The summed E-state index contributed by atoms with van der Waals surface area (Å²) in [5.74, 6) is 0.00681. The van der Waals surface area contributed by atoms with Crippen molar-refractivity contribution in [3.05, 3.63) is 69.8 Å². The number of para-hydroxylation sites is 2. The summed E-state index contributed by atoms with van der Waals surface area (Å²) in [6.45, 7) is 0.0695. The Kier molecular flexibility index (Phi) is 4.32. The van der Waals surface area contributed by atoms with E-state index in [1.807, 2.05) is 17.0 Å². The molecule has 1 saturated carbocycles. The first-order valence-electron chi connectivity index (χ1n) is 9.01. The molecule has 1 fully saturated rings. The van der Waals surface area contributed by atoms with Gasteiger partial charge in [-0.15, -0.1) is 0 Å². The third-order valence-electron chi connectivity index (χ3n) is 5.20. The topological polar surface area (TPSA) is 75.5 Å². The first kappa shape index (κ1) is 16.6. The molecule has 0 spiro atoms. The van der Waals surface area contributed by atoms with Gasteiger partial charge in [0.1, 0.15) is 5.69 Å². The van der Waals surface area contributed by atoms with Crippen LogP contribution in [0.4, 0.5) is 11.4 Å². The smallest absolute Gasteiger partial charge is 0.292 e. The number of hydrogen-bond donors (Lipinski definition) is 1. The lowest BCUT2D eigenvalue weighted by Crippen LogP contribution is -2.39. The Labute approximate surface area is 152 Å². The number of amides is 1. The van der Waals surface area contributed by atoms with Crippen molar-refractivity contribution in [2.24, 2.45) is 0 Å². The predicted octanol–water partition coefficient (Wildman–Crippen LogP) is 3.69. The molecule has 1 atom stereocenters. The molecule has 2 aliphatic rings. The van der Waals surface area contributed by atoms with Crippen LogP contribution in [0.25, 0.3) is 0 Å². The number of nitrogens with one attached hydrogen (secondary N) is 1. The predicted molar refractivity (Wildman–Crippen MR) is 99.0 cm³/mol. The van der Waals surface area contributed by atoms with Crippen LogP contribution in [0, 0.1) is 10.1 Å². The largest absolute Gasteiger partial charge is 0.371 e. The number of hydrogen-bond acceptors (Lipinski definition) is 4. The lowest BCUT2D eigenvalue weighted by molar-refractivity contribution is -0.383. The van der Waals surface area contributed by atoms with E-state index >= 15 is 0 Å². The minimum Gasteiger partial charge on any atom is -0.371 e. The molecular formula is C20H21N3O3. The highest BCUT2D eigenvalue weighted by Gasteiger charge is 2.40. The van der Waals surface area contributed by atoms with E-state index in [0.717, 1.165) is 25.7 Å². The summed E-state index contributed by atoms with van der Waals surface area (Å²) in [6.07, 6.45) is 4.02. The SMILES string of the molecule is O=C(CNc1ccccc1[N+](=O)[O-])N(C1CC1)C1CCc2ccccc21. The molecule has 1 amide bonds. The molecule has 0 heterocycles. The second kappa shape index (κ2) is 6.78. The van der Waals surface area contributed by atoms with Crippen LogP contribution in [0.3, 0.4) is 0 Å². The molecule has 0 radical (unpaired) electrons. The van der Waals surface area contributed by atoms with Gasteiger partial charge in [0.2, 0.25) is 5.91 Å². The van der Waals surface area contributed by atoms with Crippen LogP contribution in [0.2, 0.25) is 0 Å². The molecule has 1 unspecified atom stereocenters. The zero-order valence-corrected chi connectivity index (χ0v) is 14.4. The molecule has 134 valence electrons. The van der Waals surface area contributed by atoms with Crippen molar-refractivity contribution < 1.29 is 9.72 Å². The van der Waals surface area contributed by atoms with Gasteiger partial charge in [0.25, 0.3) is 5.69 Å². The van der Waals surface area contributed by atoms with Crippen molar-refractivity contribution in [1.82, 2.24) is 4.90 Å². The van der Waals surface area contributed by atoms with Crippen LogP contribution < -0.4 is 5.32 Å². The molecule has 1 N–H and O–H groups in total. The number of benzene rings is 2. The van der Waals surface area contributed by atoms with E-state index in [-0.39, 0.29) is 24.2 Å². The average molecular weight is 351 g/mol. The first-order chi connectivity index (χ1) is 12.6. The molecular weight excluding hydrogens is 330 g/mol. The Morgan fingerprint density at radius 2 is 1.85 bits per heavy atom. The van der Waals surface area contributed by atoms with Gasteiger partial charge < -0.3 is 10.2 Å². The summed E-state index contributed by atoms with van der Waals surface area (Å²) >= 11 is 0. The van der Waals surface area contributed by atoms with E-state index < -0.39 is 4.92 Å². The first-order valence-corrected chi connectivity index (χ1v) is 9.01. The second-order valence-corrected chi connectivity index (χ2v) is 6.91. The summed E-state index contributed by atoms with van der Waals surface area (Å²) in [4.78, 5) is 25.7. The quantitative estimate of drug-likeness (QED) is 0.636. The maximum absolute atomic E-state index is 13.0. The number of carbonyl (C=O) groups is 1. The molecule has 6 nitrogen and oxygen atoms in total. The number of nitro benzene ring substituents is 1. The van der Waals surface area contributed by atoms with Gasteiger partial charge in [0, 0.05) is 12.1 Å². The molecule has 6 heteroatoms. The Balaban J connectivity index is 1.51. The van der Waals surface area contributed by atoms with Gasteiger partial charge in [-0.05, 0) is 42.9 Å². The van der Waals surface area contributed by atoms with E-state index in [1.165, 1.54) is 17.2 Å². The van der Waals surface area contributed by atoms with Gasteiger partial charge in [-0.2, -0.15) is 0 Å². The normalized spacial score (nSPS) is 18.2. The zero-order valence-electron chi connectivity index (χ0n) is 14.4. The van der Waals surface area contributed by atoms with Crippen LogP contribution in [0.1, 0.15) is 36.4 Å². The minimum atomic E-state index is -0.432. The standard InChI is InChI=1S/C20H21N3O3/c24-20(13-21-17-7-3-4-8-19(17)23(25)26)22(15-10-11-15)18-12-9-14-5-1-2-6-16(14)18/h1-8,15,18,21H,9-13H2. The number of anilines is 1. The zero-order chi connectivity index (χ0) is 18.1. The van der Waals surface area contributed by atoms with Crippen molar-refractivity contribution in [2.75, 3.05) is 11.9 Å². The number of aryl methyl sites for hydroxylation is 1. The summed E-state index contributed by atoms with van der Waals surface area (Å²) in [7, 11) is 0. The average Bonchev–Trinajstić information content (AvgIpc) is 3.40. The van der Waals surface area contributed by atoms with Crippen LogP contribution in [0.15, 0.2) is 48.5 Å². The van der Waals surface area contributed by atoms with Crippen molar-refractivity contribution in [2.45, 2.75) is 37.8 Å². The second-order valence-electron chi connectivity index (χ2n) is 6.91. The van der Waals surface area contributed by atoms with Gasteiger partial charge in [0.05, 0.1) is 17.5 Å². The summed E-state index contributed by atoms with van der Waals surface area (Å²) in [5, 5.41) is 14.1. The van der Waals surface area contributed by atoms with Gasteiger partial charge >= 0.3 is 0 Å². The third-order valence-corrected chi connectivity index (χ3v) is 5.20. The Bertz CT molecular complexity index is 848. The van der Waals surface area contributed by atoms with Crippen molar-refractivity contribution >= 4 is 17.3 Å². The third kappa shape index (κ3) is 3.14. The number of nitrogens with zero attached hydrogens (tertiary/aromatic N) is 2. The van der Waals surface area contributed by atoms with E-state index in [9.17, 15) is 14.9 Å². The van der Waals surface area contributed by atoms with E-state index in [0.29, 0.717) is 11.7 Å². The fourth-order valence-corrected chi connectivity index (χ4v) is 3.85. The number of carbonyl (C=O) groups excluding carboxylic acids is 1. The fraction of sp³-hybridized carbons (Fsp3) is 0.350. The lowest BCUT2D eigenvalue weighted by Gasteiger charge is -2.30. The summed E-state index contributed by atoms with van der Waals surface area (Å²) in [5.41, 5.74) is 2.94. The molecule has 2 aromatic carbocycles. The Morgan fingerprint density at radius 1 is 1.12 bits per heavy atom. The van der Waals surface area contributed by atoms with Gasteiger partial charge in [-0.3, -0.25) is 14.9 Å². The highest BCUT2D eigenvalue weighted by atomic mass is 16.6. The molecule has 4 rings (SSSR count). The maximum atomic E-state index is 13.0. The highest BCUT2D eigenvalue weighted by Crippen LogP contribution is 2.41. The Morgan fingerprint density at radius 3 is 2.62 bits per heavy atom. The van der Waals surface area contributed by atoms with E-state index in [2.05, 4.69) is 17.4 Å². The molecule has 0 aliphatic heterocycles. The van der Waals surface area contributed by atoms with Gasteiger partial charge in [-0.1, -0.05) is 36.4 Å². The van der Waals surface area contributed by atoms with E-state index in [4.69, 9.17) is 0 Å². The summed E-state index contributed by atoms with van der Waals surface area (Å²) < 4.78 is 0. The van der Waals surface area contributed by atoms with Crippen molar-refractivity contribution in [1.29, 1.82) is 0 Å². The molecule has 2 aliphatic carbocycles. The van der Waals surface area contributed by atoms with Crippen molar-refractivity contribution in [3.8, 4) is 0 Å². The summed E-state index contributed by atoms with van der Waals surface area (Å²) in [6, 6.07) is 15.2. The fourth-order valence-electron chi connectivity index (χ4n) is 3.85. The molecule has 2 aromatic rings. The molecule has 0 aromatic heterocycles. The van der Waals surface area contributed by atoms with Gasteiger partial charge in [0.15, 0.2) is 0 Å². The molecule has 0 saturated heterocycles. The van der Waals surface area contributed by atoms with Crippen LogP contribution in [-0.2, 0) is 11.2 Å². The van der Waals surface area contributed by atoms with Crippen LogP contribution >= 0.6 is 0 Å². The molecule has 26 heavy (non-hydrogen) atoms. The Hall–Kier alpha value is -2.89.